The molecule has 0 aliphatic rings. The Balaban J connectivity index is 4.05. The van der Waals surface area contributed by atoms with Crippen molar-refractivity contribution in [2.75, 3.05) is 26.9 Å². The number of carbonyl (C=O) groups is 2. The monoisotopic (exact) mass is 257 g/mol. The molecule has 0 saturated heterocycles. The topological polar surface area (TPSA) is 114 Å². The Kier molecular flexibility index (Phi) is 8.53. The van der Waals surface area contributed by atoms with E-state index in [-0.39, 0.29) is 18.9 Å². The molecule has 102 valence electrons. The van der Waals surface area contributed by atoms with E-state index >= 15 is 0 Å². The van der Waals surface area contributed by atoms with Crippen LogP contribution in [0.1, 0.15) is 13.3 Å². The van der Waals surface area contributed by atoms with E-state index in [0.717, 1.165) is 0 Å². The third kappa shape index (κ3) is 7.60. The predicted molar refractivity (Wildman–Crippen MR) is 63.2 cm³/mol. The van der Waals surface area contributed by atoms with Crippen molar-refractivity contribution in [3.63, 3.8) is 0 Å². The molecule has 0 fully saturated rings. The van der Waals surface area contributed by atoms with Crippen LogP contribution in [0, 0.1) is 17.2 Å². The molecular formula is C11H19N3O4. The summed E-state index contributed by atoms with van der Waals surface area (Å²) >= 11 is 0. The van der Waals surface area contributed by atoms with Gasteiger partial charge in [-0.15, -0.1) is 0 Å². The summed E-state index contributed by atoms with van der Waals surface area (Å²) in [6, 6.07) is 1.13. The fourth-order valence-electron chi connectivity index (χ4n) is 1.20. The number of rotatable bonds is 9. The fourth-order valence-corrected chi connectivity index (χ4v) is 1.20. The van der Waals surface area contributed by atoms with Gasteiger partial charge in [-0.3, -0.25) is 9.59 Å². The molecule has 0 aromatic rings. The van der Waals surface area contributed by atoms with Crippen molar-refractivity contribution in [1.82, 2.24) is 5.32 Å². The minimum Gasteiger partial charge on any atom is -0.382 e. The number of nitrogens with zero attached hydrogens (tertiary/aromatic N) is 1. The van der Waals surface area contributed by atoms with Crippen LogP contribution in [0.3, 0.4) is 0 Å². The second kappa shape index (κ2) is 9.39. The van der Waals surface area contributed by atoms with E-state index in [0.29, 0.717) is 13.2 Å². The second-order valence-corrected chi connectivity index (χ2v) is 3.83. The number of primary amides is 1. The van der Waals surface area contributed by atoms with E-state index in [1.54, 1.807) is 6.92 Å². The lowest BCUT2D eigenvalue weighted by molar-refractivity contribution is -0.130. The fraction of sp³-hybridized carbons (Fsp3) is 0.727. The van der Waals surface area contributed by atoms with Crippen LogP contribution in [-0.4, -0.2) is 44.8 Å². The number of carbonyl (C=O) groups excluding carboxylic acids is 2. The Labute approximate surface area is 106 Å². The zero-order valence-electron chi connectivity index (χ0n) is 10.6. The SMILES string of the molecule is COCCOCC(=O)N[C@@H](C[C@H](C)C#N)C(N)=O. The molecule has 0 aliphatic carbocycles. The number of nitrogens with one attached hydrogen (secondary N) is 1. The normalized spacial score (nSPS) is 13.4. The van der Waals surface area contributed by atoms with Gasteiger partial charge in [0.2, 0.25) is 11.8 Å². The molecule has 0 aliphatic heterocycles. The van der Waals surface area contributed by atoms with Crippen LogP contribution < -0.4 is 11.1 Å². The van der Waals surface area contributed by atoms with Crippen molar-refractivity contribution in [3.05, 3.63) is 0 Å². The van der Waals surface area contributed by atoms with Crippen LogP contribution in [-0.2, 0) is 19.1 Å². The molecular weight excluding hydrogens is 238 g/mol. The van der Waals surface area contributed by atoms with Crippen LogP contribution >= 0.6 is 0 Å². The molecule has 7 heteroatoms. The average molecular weight is 257 g/mol. The van der Waals surface area contributed by atoms with E-state index in [1.807, 2.05) is 6.07 Å². The van der Waals surface area contributed by atoms with Gasteiger partial charge in [-0.2, -0.15) is 5.26 Å². The number of methoxy groups -OCH3 is 1. The predicted octanol–water partition coefficient (Wildman–Crippen LogP) is -0.831. The summed E-state index contributed by atoms with van der Waals surface area (Å²) in [5.74, 6) is -1.47. The maximum absolute atomic E-state index is 11.4. The minimum atomic E-state index is -0.849. The lowest BCUT2D eigenvalue weighted by Crippen LogP contribution is -2.46. The maximum atomic E-state index is 11.4. The van der Waals surface area contributed by atoms with Crippen molar-refractivity contribution in [3.8, 4) is 6.07 Å². The van der Waals surface area contributed by atoms with Crippen molar-refractivity contribution in [1.29, 1.82) is 5.26 Å². The Bertz CT molecular complexity index is 314. The Hall–Kier alpha value is -1.65. The average Bonchev–Trinajstić information content (AvgIpc) is 2.33. The molecule has 0 unspecified atom stereocenters. The molecule has 0 aromatic heterocycles. The first kappa shape index (κ1) is 16.4. The summed E-state index contributed by atoms with van der Waals surface area (Å²) in [6.07, 6.45) is 0.190. The van der Waals surface area contributed by atoms with Crippen LogP contribution in [0.2, 0.25) is 0 Å². The number of hydrogen-bond acceptors (Lipinski definition) is 5. The van der Waals surface area contributed by atoms with Gasteiger partial charge in [-0.05, 0) is 13.3 Å². The molecule has 0 rings (SSSR count). The molecule has 3 N–H and O–H groups in total. The van der Waals surface area contributed by atoms with Gasteiger partial charge in [0.1, 0.15) is 12.6 Å². The van der Waals surface area contributed by atoms with Crippen molar-refractivity contribution >= 4 is 11.8 Å². The highest BCUT2D eigenvalue weighted by Gasteiger charge is 2.20. The Morgan fingerprint density at radius 2 is 2.11 bits per heavy atom. The first-order valence-corrected chi connectivity index (χ1v) is 5.56. The molecule has 0 bridgehead atoms. The Morgan fingerprint density at radius 3 is 2.61 bits per heavy atom. The molecule has 7 nitrogen and oxygen atoms in total. The largest absolute Gasteiger partial charge is 0.382 e. The van der Waals surface area contributed by atoms with E-state index in [4.69, 9.17) is 20.5 Å². The molecule has 18 heavy (non-hydrogen) atoms. The van der Waals surface area contributed by atoms with E-state index < -0.39 is 17.9 Å². The number of ether oxygens (including phenoxy) is 2. The van der Waals surface area contributed by atoms with Gasteiger partial charge in [0.25, 0.3) is 0 Å². The summed E-state index contributed by atoms with van der Waals surface area (Å²) in [5.41, 5.74) is 5.14. The summed E-state index contributed by atoms with van der Waals surface area (Å²) < 4.78 is 9.74. The molecule has 0 saturated carbocycles. The van der Waals surface area contributed by atoms with Gasteiger partial charge < -0.3 is 20.5 Å². The van der Waals surface area contributed by atoms with Crippen molar-refractivity contribution in [2.24, 2.45) is 11.7 Å². The van der Waals surface area contributed by atoms with Gasteiger partial charge in [0.15, 0.2) is 0 Å². The number of nitrogens with two attached hydrogens (primary N) is 1. The Morgan fingerprint density at radius 1 is 1.44 bits per heavy atom. The van der Waals surface area contributed by atoms with Crippen molar-refractivity contribution in [2.45, 2.75) is 19.4 Å². The third-order valence-corrected chi connectivity index (χ3v) is 2.15. The second-order valence-electron chi connectivity index (χ2n) is 3.83. The smallest absolute Gasteiger partial charge is 0.246 e. The first-order chi connectivity index (χ1) is 8.51. The van der Waals surface area contributed by atoms with Gasteiger partial charge >= 0.3 is 0 Å². The number of hydrogen-bond donors (Lipinski definition) is 2. The van der Waals surface area contributed by atoms with Crippen LogP contribution in [0.5, 0.6) is 0 Å². The van der Waals surface area contributed by atoms with Gasteiger partial charge in [-0.1, -0.05) is 0 Å². The summed E-state index contributed by atoms with van der Waals surface area (Å²) in [6.45, 7) is 2.16. The standard InChI is InChI=1S/C11H19N3O4/c1-8(6-12)5-9(11(13)16)14-10(15)7-18-4-3-17-2/h8-9H,3-5,7H2,1-2H3,(H2,13,16)(H,14,15)/t8-,9-/m0/s1. The zero-order chi connectivity index (χ0) is 14.0. The highest BCUT2D eigenvalue weighted by molar-refractivity contribution is 5.87. The molecule has 0 aromatic carbocycles. The molecule has 0 spiro atoms. The van der Waals surface area contributed by atoms with E-state index in [2.05, 4.69) is 5.32 Å². The van der Waals surface area contributed by atoms with Gasteiger partial charge in [0, 0.05) is 13.0 Å². The quantitative estimate of drug-likeness (QED) is 0.523. The minimum absolute atomic E-state index is 0.173. The lowest BCUT2D eigenvalue weighted by Gasteiger charge is -2.16. The van der Waals surface area contributed by atoms with Crippen LogP contribution in [0.25, 0.3) is 0 Å². The highest BCUT2D eigenvalue weighted by Crippen LogP contribution is 2.04. The molecule has 2 atom stereocenters. The van der Waals surface area contributed by atoms with Gasteiger partial charge in [0.05, 0.1) is 19.3 Å². The van der Waals surface area contributed by atoms with Crippen LogP contribution in [0.4, 0.5) is 0 Å². The van der Waals surface area contributed by atoms with Gasteiger partial charge in [-0.25, -0.2) is 0 Å². The van der Waals surface area contributed by atoms with E-state index in [1.165, 1.54) is 7.11 Å². The first-order valence-electron chi connectivity index (χ1n) is 5.56. The van der Waals surface area contributed by atoms with E-state index in [9.17, 15) is 9.59 Å². The summed E-state index contributed by atoms with van der Waals surface area (Å²) in [5, 5.41) is 11.1. The summed E-state index contributed by atoms with van der Waals surface area (Å²) in [4.78, 5) is 22.5. The van der Waals surface area contributed by atoms with Crippen LogP contribution in [0.15, 0.2) is 0 Å². The number of amides is 2. The molecule has 0 heterocycles. The molecule has 0 radical (unpaired) electrons. The highest BCUT2D eigenvalue weighted by atomic mass is 16.5. The zero-order valence-corrected chi connectivity index (χ0v) is 10.6. The maximum Gasteiger partial charge on any atom is 0.246 e. The summed E-state index contributed by atoms with van der Waals surface area (Å²) in [7, 11) is 1.52. The lowest BCUT2D eigenvalue weighted by atomic mass is 10.0. The number of nitriles is 1. The molecule has 2 amide bonds. The van der Waals surface area contributed by atoms with Crippen molar-refractivity contribution < 1.29 is 19.1 Å². The third-order valence-electron chi connectivity index (χ3n) is 2.15.